The topological polar surface area (TPSA) is 72.4 Å². The zero-order valence-corrected chi connectivity index (χ0v) is 24.3. The second-order valence-electron chi connectivity index (χ2n) is 11.5. The van der Waals surface area contributed by atoms with Crippen LogP contribution in [0.3, 0.4) is 0 Å². The van der Waals surface area contributed by atoms with Crippen LogP contribution in [-0.4, -0.2) is 29.0 Å². The second kappa shape index (κ2) is 10.8. The van der Waals surface area contributed by atoms with Crippen molar-refractivity contribution in [1.29, 1.82) is 0 Å². The summed E-state index contributed by atoms with van der Waals surface area (Å²) in [6.45, 7) is 10.4. The predicted octanol–water partition coefficient (Wildman–Crippen LogP) is 6.58. The van der Waals surface area contributed by atoms with Gasteiger partial charge in [-0.3, -0.25) is 9.59 Å². The van der Waals surface area contributed by atoms with E-state index in [2.05, 4.69) is 59.4 Å². The van der Waals surface area contributed by atoms with Gasteiger partial charge < -0.3 is 19.9 Å². The molecule has 1 aliphatic carbocycles. The van der Waals surface area contributed by atoms with E-state index in [0.29, 0.717) is 23.8 Å². The first-order chi connectivity index (χ1) is 19.1. The Labute approximate surface area is 236 Å². The number of hydrogen-bond donors (Lipinski definition) is 2. The molecule has 0 bridgehead atoms. The summed E-state index contributed by atoms with van der Waals surface area (Å²) in [5, 5.41) is 6.92. The third kappa shape index (κ3) is 5.62. The van der Waals surface area contributed by atoms with Crippen LogP contribution in [0.1, 0.15) is 83.9 Å². The van der Waals surface area contributed by atoms with E-state index in [-0.39, 0.29) is 17.9 Å². The average Bonchev–Trinajstić information content (AvgIpc) is 3.77. The Morgan fingerprint density at radius 1 is 1.02 bits per heavy atom. The second-order valence-corrected chi connectivity index (χ2v) is 11.5. The van der Waals surface area contributed by atoms with Crippen LogP contribution in [0.4, 0.5) is 0 Å². The number of amides is 2. The molecule has 0 spiro atoms. The molecule has 0 radical (unpaired) electrons. The Balaban J connectivity index is 1.35. The van der Waals surface area contributed by atoms with Crippen LogP contribution in [-0.2, 0) is 11.3 Å². The van der Waals surface area contributed by atoms with Gasteiger partial charge in [-0.15, -0.1) is 0 Å². The van der Waals surface area contributed by atoms with E-state index in [1.165, 1.54) is 18.4 Å². The van der Waals surface area contributed by atoms with Gasteiger partial charge in [-0.05, 0) is 106 Å². The number of ether oxygens (including phenoxy) is 1. The highest BCUT2D eigenvalue weighted by molar-refractivity contribution is 5.99. The first kappa shape index (κ1) is 27.5. The van der Waals surface area contributed by atoms with Crippen LogP contribution in [0.15, 0.2) is 66.7 Å². The summed E-state index contributed by atoms with van der Waals surface area (Å²) in [4.78, 5) is 25.4. The molecule has 1 atom stereocenters. The molecule has 0 saturated heterocycles. The van der Waals surface area contributed by atoms with Gasteiger partial charge in [-0.25, -0.2) is 0 Å². The number of benzene rings is 3. The molecular formula is C34H39N3O3. The fourth-order valence-corrected chi connectivity index (χ4v) is 5.39. The highest BCUT2D eigenvalue weighted by atomic mass is 16.5. The van der Waals surface area contributed by atoms with Gasteiger partial charge in [0.1, 0.15) is 5.75 Å². The Kier molecular flexibility index (Phi) is 7.45. The minimum Gasteiger partial charge on any atom is -0.478 e. The van der Waals surface area contributed by atoms with Crippen LogP contribution >= 0.6 is 0 Å². The lowest BCUT2D eigenvalue weighted by Crippen LogP contribution is -2.45. The maximum absolute atomic E-state index is 13.3. The molecule has 0 unspecified atom stereocenters. The van der Waals surface area contributed by atoms with Crippen molar-refractivity contribution in [3.63, 3.8) is 0 Å². The van der Waals surface area contributed by atoms with E-state index in [0.717, 1.165) is 33.3 Å². The number of rotatable bonds is 9. The number of carbonyl (C=O) groups is 2. The fourth-order valence-electron chi connectivity index (χ4n) is 5.39. The smallest absolute Gasteiger partial charge is 0.263 e. The summed E-state index contributed by atoms with van der Waals surface area (Å²) in [6.07, 6.45) is 2.52. The molecule has 1 aromatic heterocycles. The monoisotopic (exact) mass is 537 g/mol. The minimum atomic E-state index is -0.978. The average molecular weight is 538 g/mol. The van der Waals surface area contributed by atoms with Crippen LogP contribution in [0.25, 0.3) is 10.9 Å². The van der Waals surface area contributed by atoms with Gasteiger partial charge in [0.15, 0.2) is 5.60 Å². The van der Waals surface area contributed by atoms with E-state index < -0.39 is 5.60 Å². The number of likely N-dealkylation sites (N-methyl/N-ethyl adjacent to an activating group) is 1. The van der Waals surface area contributed by atoms with Crippen LogP contribution in [0, 0.1) is 13.8 Å². The molecule has 2 amide bonds. The summed E-state index contributed by atoms with van der Waals surface area (Å²) in [6, 6.07) is 22.3. The molecule has 6 heteroatoms. The zero-order valence-electron chi connectivity index (χ0n) is 24.3. The van der Waals surface area contributed by atoms with Crippen molar-refractivity contribution in [2.75, 3.05) is 7.05 Å². The number of aryl methyl sites for hydroxylation is 1. The number of fused-ring (bicyclic) bond motifs is 1. The minimum absolute atomic E-state index is 0.0698. The molecule has 0 aliphatic heterocycles. The van der Waals surface area contributed by atoms with Gasteiger partial charge in [0.05, 0.1) is 6.04 Å². The zero-order chi connectivity index (χ0) is 28.6. The molecule has 208 valence electrons. The van der Waals surface area contributed by atoms with Gasteiger partial charge in [0, 0.05) is 35.8 Å². The number of hydrogen-bond acceptors (Lipinski definition) is 3. The van der Waals surface area contributed by atoms with Crippen molar-refractivity contribution in [1.82, 2.24) is 15.2 Å². The molecular weight excluding hydrogens is 498 g/mol. The molecule has 2 N–H and O–H groups in total. The highest BCUT2D eigenvalue weighted by Gasteiger charge is 2.29. The molecule has 1 heterocycles. The summed E-state index contributed by atoms with van der Waals surface area (Å²) in [5.74, 6) is 1.08. The third-order valence-corrected chi connectivity index (χ3v) is 8.09. The van der Waals surface area contributed by atoms with Crippen LogP contribution < -0.4 is 15.4 Å². The molecule has 1 fully saturated rings. The molecule has 4 aromatic rings. The molecule has 3 aromatic carbocycles. The Morgan fingerprint density at radius 3 is 2.50 bits per heavy atom. The SMILES string of the molecule is CNC(=O)C(C)(C)Oc1cccc(Cn2c(C)c(C)c3cc(C(=O)N[C@@H](C)c4cccc(C5CC5)c4)ccc32)c1. The highest BCUT2D eigenvalue weighted by Crippen LogP contribution is 2.40. The lowest BCUT2D eigenvalue weighted by molar-refractivity contribution is -0.133. The maximum atomic E-state index is 13.3. The van der Waals surface area contributed by atoms with Crippen molar-refractivity contribution in [3.05, 3.63) is 100 Å². The number of aromatic nitrogens is 1. The summed E-state index contributed by atoms with van der Waals surface area (Å²) in [7, 11) is 1.61. The van der Waals surface area contributed by atoms with Crippen molar-refractivity contribution in [2.45, 2.75) is 71.6 Å². The molecule has 6 nitrogen and oxygen atoms in total. The summed E-state index contributed by atoms with van der Waals surface area (Å²) >= 11 is 0. The Bertz CT molecular complexity index is 1580. The van der Waals surface area contributed by atoms with Crippen LogP contribution in [0.5, 0.6) is 5.75 Å². The summed E-state index contributed by atoms with van der Waals surface area (Å²) in [5.41, 5.74) is 6.64. The van der Waals surface area contributed by atoms with Crippen molar-refractivity contribution < 1.29 is 14.3 Å². The van der Waals surface area contributed by atoms with Gasteiger partial charge in [-0.2, -0.15) is 0 Å². The van der Waals surface area contributed by atoms with Crippen LogP contribution in [0.2, 0.25) is 0 Å². The normalized spacial score (nSPS) is 14.2. The van der Waals surface area contributed by atoms with E-state index in [9.17, 15) is 9.59 Å². The molecule has 5 rings (SSSR count). The lowest BCUT2D eigenvalue weighted by atomic mass is 10.0. The Morgan fingerprint density at radius 2 is 1.77 bits per heavy atom. The van der Waals surface area contributed by atoms with Gasteiger partial charge >= 0.3 is 0 Å². The van der Waals surface area contributed by atoms with E-state index in [1.54, 1.807) is 20.9 Å². The summed E-state index contributed by atoms with van der Waals surface area (Å²) < 4.78 is 8.28. The standard InChI is InChI=1S/C34H39N3O3/c1-21-23(3)37(20-24-9-7-12-29(17-24)40-34(4,5)33(39)35-6)31-16-15-28(19-30(21)31)32(38)36-22(2)26-10-8-11-27(18-26)25-13-14-25/h7-12,15-19,22,25H,13-14,20H2,1-6H3,(H,35,39)(H,36,38)/t22-/m0/s1. The first-order valence-electron chi connectivity index (χ1n) is 14.1. The Hall–Kier alpha value is -4.06. The van der Waals surface area contributed by atoms with E-state index in [1.807, 2.05) is 43.3 Å². The molecule has 1 saturated carbocycles. The lowest BCUT2D eigenvalue weighted by Gasteiger charge is -2.24. The van der Waals surface area contributed by atoms with Gasteiger partial charge in [-0.1, -0.05) is 36.4 Å². The number of nitrogens with zero attached hydrogens (tertiary/aromatic N) is 1. The third-order valence-electron chi connectivity index (χ3n) is 8.09. The van der Waals surface area contributed by atoms with Gasteiger partial charge in [0.2, 0.25) is 0 Å². The van der Waals surface area contributed by atoms with E-state index >= 15 is 0 Å². The largest absolute Gasteiger partial charge is 0.478 e. The molecule has 1 aliphatic rings. The number of carbonyl (C=O) groups excluding carboxylic acids is 2. The predicted molar refractivity (Wildman–Crippen MR) is 160 cm³/mol. The fraction of sp³-hybridized carbons (Fsp3) is 0.353. The first-order valence-corrected chi connectivity index (χ1v) is 14.1. The van der Waals surface area contributed by atoms with E-state index in [4.69, 9.17) is 4.74 Å². The van der Waals surface area contributed by atoms with Crippen molar-refractivity contribution in [2.24, 2.45) is 0 Å². The molecule has 40 heavy (non-hydrogen) atoms. The van der Waals surface area contributed by atoms with Crippen molar-refractivity contribution >= 4 is 22.7 Å². The number of nitrogens with one attached hydrogen (secondary N) is 2. The van der Waals surface area contributed by atoms with Gasteiger partial charge in [0.25, 0.3) is 11.8 Å². The quantitative estimate of drug-likeness (QED) is 0.253. The maximum Gasteiger partial charge on any atom is 0.263 e. The van der Waals surface area contributed by atoms with Crippen molar-refractivity contribution in [3.8, 4) is 5.75 Å².